The first-order chi connectivity index (χ1) is 42.3. The predicted octanol–water partition coefficient (Wildman–Crippen LogP) is 7.98. The van der Waals surface area contributed by atoms with Gasteiger partial charge < -0.3 is 51.4 Å². The second kappa shape index (κ2) is 29.1. The van der Waals surface area contributed by atoms with Crippen LogP contribution in [0.2, 0.25) is 0 Å². The Morgan fingerprint density at radius 1 is 0.693 bits per heavy atom. The number of ether oxygens (including phenoxy) is 2. The van der Waals surface area contributed by atoms with Crippen LogP contribution in [0.25, 0.3) is 43.4 Å². The third kappa shape index (κ3) is 15.5. The van der Waals surface area contributed by atoms with Gasteiger partial charge in [0, 0.05) is 65.5 Å². The van der Waals surface area contributed by atoms with Crippen molar-refractivity contribution < 1.29 is 63.1 Å². The molecular formula is C56H57N13O13S6. The number of hydrogen-bond acceptors (Lipinski definition) is 24. The molecule has 7 aromatic heterocycles. The maximum Gasteiger partial charge on any atom is 0.415 e. The molecule has 9 rings (SSSR count). The monoisotopic (exact) mass is 1310 g/mol. The molecule has 1 aromatic carbocycles. The number of rotatable bonds is 17. The highest BCUT2D eigenvalue weighted by molar-refractivity contribution is 7.15. The van der Waals surface area contributed by atoms with Gasteiger partial charge >= 0.3 is 18.0 Å². The van der Waals surface area contributed by atoms with E-state index in [0.717, 1.165) is 56.7 Å². The Morgan fingerprint density at radius 2 is 1.39 bits per heavy atom. The van der Waals surface area contributed by atoms with Gasteiger partial charge in [-0.15, -0.1) is 68.0 Å². The minimum absolute atomic E-state index is 0.0163. The smallest absolute Gasteiger partial charge is 0.415 e. The number of aliphatic hydroxyl groups is 1. The van der Waals surface area contributed by atoms with Crippen LogP contribution < -0.4 is 31.5 Å². The van der Waals surface area contributed by atoms with Gasteiger partial charge in [-0.3, -0.25) is 38.5 Å². The van der Waals surface area contributed by atoms with Gasteiger partial charge in [0.1, 0.15) is 82.2 Å². The summed E-state index contributed by atoms with van der Waals surface area (Å²) in [4.78, 5) is 142. The van der Waals surface area contributed by atoms with Crippen LogP contribution in [0.5, 0.6) is 0 Å². The molecule has 6 amide bonds. The molecule has 1 aliphatic rings. The van der Waals surface area contributed by atoms with Crippen LogP contribution in [-0.4, -0.2) is 132 Å². The number of hydrogen-bond donors (Lipinski definition) is 8. The zero-order valence-corrected chi connectivity index (χ0v) is 52.5. The Kier molecular flexibility index (Phi) is 21.2. The first-order valence-electron chi connectivity index (χ1n) is 27.1. The number of carboxylic acids is 2. The Labute approximate surface area is 525 Å². The number of pyridine rings is 1. The number of carbonyl (C=O) groups excluding carboxylic acids is 6. The van der Waals surface area contributed by atoms with Crippen molar-refractivity contribution in [2.75, 3.05) is 38.8 Å². The van der Waals surface area contributed by atoms with E-state index in [0.29, 0.717) is 63.0 Å². The lowest BCUT2D eigenvalue weighted by Crippen LogP contribution is -2.40. The number of carbonyl (C=O) groups is 8. The van der Waals surface area contributed by atoms with Crippen LogP contribution in [0.4, 0.5) is 10.6 Å². The third-order valence-electron chi connectivity index (χ3n) is 13.3. The molecule has 88 heavy (non-hydrogen) atoms. The van der Waals surface area contributed by atoms with Crippen LogP contribution in [0, 0.1) is 12.8 Å². The van der Waals surface area contributed by atoms with Crippen molar-refractivity contribution in [3.8, 4) is 43.4 Å². The number of carboxylic acid groups (broad SMARTS) is 2. The second-order valence-corrected chi connectivity index (χ2v) is 25.7. The summed E-state index contributed by atoms with van der Waals surface area (Å²) in [5.74, 6) is -5.30. The van der Waals surface area contributed by atoms with Crippen molar-refractivity contribution in [2.24, 2.45) is 5.92 Å². The number of fused-ring (bicyclic) bond motifs is 14. The highest BCUT2D eigenvalue weighted by atomic mass is 32.1. The molecule has 0 saturated carbocycles. The van der Waals surface area contributed by atoms with E-state index in [-0.39, 0.29) is 91.4 Å². The van der Waals surface area contributed by atoms with Crippen LogP contribution in [0.1, 0.15) is 132 Å². The minimum Gasteiger partial charge on any atom is -0.481 e. The number of amides is 6. The molecule has 10 bridgehead atoms. The quantitative estimate of drug-likeness (QED) is 0.0400. The molecule has 4 atom stereocenters. The first kappa shape index (κ1) is 64.1. The number of aromatic nitrogens is 7. The van der Waals surface area contributed by atoms with Gasteiger partial charge in [0.05, 0.1) is 48.8 Å². The summed E-state index contributed by atoms with van der Waals surface area (Å²) >= 11 is 6.90. The lowest BCUT2D eigenvalue weighted by molar-refractivity contribution is -0.138. The molecule has 32 heteroatoms. The number of aliphatic carboxylic acids is 2. The van der Waals surface area contributed by atoms with Crippen LogP contribution >= 0.6 is 68.0 Å². The highest BCUT2D eigenvalue weighted by Gasteiger charge is 2.33. The molecule has 0 radical (unpaired) electrons. The second-order valence-electron chi connectivity index (χ2n) is 19.9. The van der Waals surface area contributed by atoms with E-state index in [1.807, 2.05) is 13.8 Å². The van der Waals surface area contributed by atoms with Gasteiger partial charge in [-0.05, 0) is 43.4 Å². The van der Waals surface area contributed by atoms with Crippen LogP contribution in [0.15, 0.2) is 64.0 Å². The van der Waals surface area contributed by atoms with Crippen molar-refractivity contribution in [1.29, 1.82) is 0 Å². The molecule has 8 N–H and O–H groups in total. The SMILES string of the molecule is CNC(=O)C[C@@H]1NC(=O)c2csc(n2)-c2ccc(-c3nc(N(CCCC(=O)O)C(=O)OCCCC(=O)O)cs3)nc2-c2csc(n2)-c2csc(n2)[C@H]([C@@H](O)c2ccccc2)NC(=O)CNC(=O)c2nc(sc2COC)[C@H](C(C)C)NC(=O)c2nc1sc2C. The largest absolute Gasteiger partial charge is 0.481 e. The number of aliphatic hydroxyl groups excluding tert-OH is 1. The van der Waals surface area contributed by atoms with E-state index in [2.05, 4.69) is 36.6 Å². The minimum atomic E-state index is -1.31. The summed E-state index contributed by atoms with van der Waals surface area (Å²) in [5.41, 5.74) is 2.22. The van der Waals surface area contributed by atoms with Gasteiger partial charge in [0.2, 0.25) is 11.8 Å². The molecule has 0 aliphatic carbocycles. The Bertz CT molecular complexity index is 3880. The average molecular weight is 1310 g/mol. The lowest BCUT2D eigenvalue weighted by Gasteiger charge is -2.23. The van der Waals surface area contributed by atoms with E-state index >= 15 is 0 Å². The van der Waals surface area contributed by atoms with E-state index in [4.69, 9.17) is 39.5 Å². The fourth-order valence-electron chi connectivity index (χ4n) is 8.85. The number of anilines is 1. The van der Waals surface area contributed by atoms with Gasteiger partial charge in [0.15, 0.2) is 0 Å². The number of nitrogens with zero attached hydrogens (tertiary/aromatic N) is 8. The Hall–Kier alpha value is -8.37. The fraction of sp³-hybridized carbons (Fsp3) is 0.339. The maximum absolute atomic E-state index is 14.4. The number of benzene rings is 1. The van der Waals surface area contributed by atoms with Gasteiger partial charge in [-0.2, -0.15) is 0 Å². The summed E-state index contributed by atoms with van der Waals surface area (Å²) in [6, 6.07) is 9.16. The maximum atomic E-state index is 14.4. The summed E-state index contributed by atoms with van der Waals surface area (Å²) in [6.07, 6.45) is -2.81. The molecule has 0 fully saturated rings. The molecule has 26 nitrogen and oxygen atoms in total. The van der Waals surface area contributed by atoms with E-state index in [9.17, 15) is 48.6 Å². The van der Waals surface area contributed by atoms with Gasteiger partial charge in [0.25, 0.3) is 17.7 Å². The highest BCUT2D eigenvalue weighted by Crippen LogP contribution is 2.40. The van der Waals surface area contributed by atoms with Crippen LogP contribution in [0.3, 0.4) is 0 Å². The van der Waals surface area contributed by atoms with Crippen molar-refractivity contribution in [3.05, 3.63) is 111 Å². The van der Waals surface area contributed by atoms with Gasteiger partial charge in [-0.25, -0.2) is 39.7 Å². The number of nitrogens with one attached hydrogen (secondary N) is 5. The lowest BCUT2D eigenvalue weighted by atomic mass is 10.0. The molecule has 460 valence electrons. The number of thiazole rings is 6. The summed E-state index contributed by atoms with van der Waals surface area (Å²) in [5, 5.41) is 53.0. The van der Waals surface area contributed by atoms with Gasteiger partial charge in [-0.1, -0.05) is 44.2 Å². The standard InChI is InChI=1S/C56H57N13O13S6/c1-26(2)41-55-68-44(35(88-55)21-81-5)48(78)58-20-38(71)65-45(46(76)28-11-7-6-8-12-28)54-63-34(24-85-54)52-61-32(22-84-52)43-29(50-62-33(23-83-50)47(77)60-31(19-37(70)57-4)53-67-42(27(3)87-53)49(79)66-41)15-16-30(59-43)51-64-36(25-86-51)69(17-9-13-39(72)73)56(80)82-18-10-14-40(74)75/h6-8,11-12,15-16,22-26,31,41,45-46,76H,9-10,13-14,17-21H2,1-5H3,(H,57,70)(H,58,78)(H,60,77)(H,65,71)(H,66,79)(H,72,73)(H,74,75)/t31-,41-,45-,46-/m0/s1. The normalized spacial score (nSPS) is 16.0. The molecule has 0 unspecified atom stereocenters. The fourth-order valence-corrected chi connectivity index (χ4v) is 14.4. The van der Waals surface area contributed by atoms with Crippen molar-refractivity contribution in [2.45, 2.75) is 83.7 Å². The molecule has 8 aromatic rings. The zero-order valence-electron chi connectivity index (χ0n) is 47.6. The van der Waals surface area contributed by atoms with Crippen molar-refractivity contribution in [3.63, 3.8) is 0 Å². The summed E-state index contributed by atoms with van der Waals surface area (Å²) in [7, 11) is 2.91. The molecule has 8 heterocycles. The van der Waals surface area contributed by atoms with Crippen LogP contribution in [-0.2, 0) is 35.3 Å². The van der Waals surface area contributed by atoms with E-state index < -0.39 is 78.3 Å². The number of aryl methyl sites for hydroxylation is 1. The first-order valence-corrected chi connectivity index (χ1v) is 32.2. The topological polar surface area (TPSA) is 369 Å². The molecular weight excluding hydrogens is 1260 g/mol. The molecule has 0 saturated heterocycles. The number of methoxy groups -OCH3 is 1. The third-order valence-corrected chi connectivity index (χ3v) is 19.0. The molecule has 1 aliphatic heterocycles. The molecule has 0 spiro atoms. The Morgan fingerprint density at radius 3 is 2.12 bits per heavy atom. The van der Waals surface area contributed by atoms with Crippen molar-refractivity contribution in [1.82, 2.24) is 61.5 Å². The summed E-state index contributed by atoms with van der Waals surface area (Å²) < 4.78 is 10.8. The van der Waals surface area contributed by atoms with E-state index in [1.165, 1.54) is 35.8 Å². The average Bonchev–Trinajstić information content (AvgIpc) is 2.63. The Balaban J connectivity index is 1.12. The van der Waals surface area contributed by atoms with E-state index in [1.54, 1.807) is 65.5 Å². The van der Waals surface area contributed by atoms with Crippen molar-refractivity contribution >= 4 is 121 Å². The zero-order chi connectivity index (χ0) is 62.8. The predicted molar refractivity (Wildman–Crippen MR) is 329 cm³/mol. The summed E-state index contributed by atoms with van der Waals surface area (Å²) in [6.45, 7) is 4.58.